The summed E-state index contributed by atoms with van der Waals surface area (Å²) >= 11 is 3.46. The fraction of sp³-hybridized carbons (Fsp3) is 0.0556. The zero-order chi connectivity index (χ0) is 18.8. The largest absolute Gasteiger partial charge is 0.306 e. The number of aromatic nitrogens is 6. The third-order valence-corrected chi connectivity index (χ3v) is 4.28. The Labute approximate surface area is 163 Å². The second-order valence-corrected chi connectivity index (χ2v) is 6.68. The molecule has 0 aliphatic rings. The molecular formula is C18H14BrN7O. The number of carbonyl (C=O) groups excluding carboxylic acids is 1. The van der Waals surface area contributed by atoms with Crippen LogP contribution in [0, 0.1) is 6.92 Å². The van der Waals surface area contributed by atoms with Crippen LogP contribution in [-0.4, -0.2) is 35.4 Å². The minimum Gasteiger partial charge on any atom is -0.306 e. The zero-order valence-corrected chi connectivity index (χ0v) is 15.8. The molecular weight excluding hydrogens is 410 g/mol. The molecule has 0 atom stereocenters. The summed E-state index contributed by atoms with van der Waals surface area (Å²) in [6, 6.07) is 12.8. The molecule has 4 rings (SSSR count). The number of halogens is 1. The molecule has 1 aromatic carbocycles. The van der Waals surface area contributed by atoms with E-state index in [2.05, 4.69) is 41.4 Å². The first kappa shape index (κ1) is 17.1. The number of benzene rings is 1. The molecule has 0 saturated heterocycles. The van der Waals surface area contributed by atoms with Gasteiger partial charge in [0.1, 0.15) is 18.5 Å². The number of hydrogen-bond acceptors (Lipinski definition) is 5. The number of aryl methyl sites for hydroxylation is 1. The third-order valence-electron chi connectivity index (χ3n) is 3.79. The number of carbonyl (C=O) groups is 1. The van der Waals surface area contributed by atoms with Gasteiger partial charge in [0.15, 0.2) is 5.82 Å². The monoisotopic (exact) mass is 423 g/mol. The van der Waals surface area contributed by atoms with Gasteiger partial charge in [0, 0.05) is 22.3 Å². The van der Waals surface area contributed by atoms with Gasteiger partial charge in [-0.2, -0.15) is 10.2 Å². The number of amides is 1. The highest BCUT2D eigenvalue weighted by molar-refractivity contribution is 9.10. The summed E-state index contributed by atoms with van der Waals surface area (Å²) in [7, 11) is 0. The van der Waals surface area contributed by atoms with Crippen molar-refractivity contribution in [3.05, 3.63) is 77.0 Å². The van der Waals surface area contributed by atoms with Crippen molar-refractivity contribution in [1.29, 1.82) is 0 Å². The van der Waals surface area contributed by atoms with Crippen LogP contribution in [0.4, 0.5) is 5.82 Å². The van der Waals surface area contributed by atoms with Gasteiger partial charge in [0.2, 0.25) is 0 Å². The van der Waals surface area contributed by atoms with Crippen molar-refractivity contribution in [2.24, 2.45) is 0 Å². The smallest absolute Gasteiger partial charge is 0.257 e. The van der Waals surface area contributed by atoms with Crippen LogP contribution in [0.15, 0.2) is 65.8 Å². The van der Waals surface area contributed by atoms with Crippen LogP contribution in [0.5, 0.6) is 0 Å². The highest BCUT2D eigenvalue weighted by atomic mass is 79.9. The minimum absolute atomic E-state index is 0.269. The standard InChI is InChI=1S/C18H14BrN7O/c1-12-7-17(26(24-12)15-4-2-3-14(19)9-15)23-18(27)13-5-6-21-16(8-13)25-11-20-10-22-25/h2-11H,1H3,(H,23,27). The average molecular weight is 424 g/mol. The average Bonchev–Trinajstić information content (AvgIpc) is 3.32. The van der Waals surface area contributed by atoms with Crippen molar-refractivity contribution in [1.82, 2.24) is 29.5 Å². The van der Waals surface area contributed by atoms with Crippen molar-refractivity contribution in [3.8, 4) is 11.5 Å². The number of nitrogens with one attached hydrogen (secondary N) is 1. The molecule has 0 aliphatic carbocycles. The molecule has 3 heterocycles. The van der Waals surface area contributed by atoms with Crippen LogP contribution < -0.4 is 5.32 Å². The number of nitrogens with zero attached hydrogens (tertiary/aromatic N) is 6. The van der Waals surface area contributed by atoms with Crippen molar-refractivity contribution in [3.63, 3.8) is 0 Å². The summed E-state index contributed by atoms with van der Waals surface area (Å²) in [6.07, 6.45) is 4.49. The molecule has 27 heavy (non-hydrogen) atoms. The van der Waals surface area contributed by atoms with Crippen LogP contribution in [0.3, 0.4) is 0 Å². The maximum absolute atomic E-state index is 12.8. The molecule has 8 nitrogen and oxygen atoms in total. The highest BCUT2D eigenvalue weighted by Gasteiger charge is 2.14. The Bertz CT molecular complexity index is 1100. The van der Waals surface area contributed by atoms with Crippen LogP contribution in [0.1, 0.15) is 16.1 Å². The molecule has 0 saturated carbocycles. The van der Waals surface area contributed by atoms with E-state index in [9.17, 15) is 4.79 Å². The predicted molar refractivity (Wildman–Crippen MR) is 103 cm³/mol. The van der Waals surface area contributed by atoms with E-state index in [-0.39, 0.29) is 5.91 Å². The minimum atomic E-state index is -0.269. The Morgan fingerprint density at radius 2 is 2.07 bits per heavy atom. The third kappa shape index (κ3) is 3.63. The topological polar surface area (TPSA) is 90.5 Å². The van der Waals surface area contributed by atoms with Crippen molar-refractivity contribution >= 4 is 27.7 Å². The van der Waals surface area contributed by atoms with Gasteiger partial charge in [-0.3, -0.25) is 4.79 Å². The van der Waals surface area contributed by atoms with E-state index in [4.69, 9.17) is 0 Å². The highest BCUT2D eigenvalue weighted by Crippen LogP contribution is 2.21. The Morgan fingerprint density at radius 3 is 2.85 bits per heavy atom. The van der Waals surface area contributed by atoms with Crippen LogP contribution in [0.25, 0.3) is 11.5 Å². The summed E-state index contributed by atoms with van der Waals surface area (Å²) in [5.41, 5.74) is 2.09. The summed E-state index contributed by atoms with van der Waals surface area (Å²) in [5, 5.41) is 11.4. The Hall–Kier alpha value is -3.33. The van der Waals surface area contributed by atoms with Gasteiger partial charge in [0.05, 0.1) is 11.4 Å². The maximum atomic E-state index is 12.8. The summed E-state index contributed by atoms with van der Waals surface area (Å²) in [4.78, 5) is 20.9. The lowest BCUT2D eigenvalue weighted by molar-refractivity contribution is 0.102. The second-order valence-electron chi connectivity index (χ2n) is 5.76. The molecule has 0 bridgehead atoms. The van der Waals surface area contributed by atoms with Crippen molar-refractivity contribution < 1.29 is 4.79 Å². The van der Waals surface area contributed by atoms with Crippen LogP contribution in [0.2, 0.25) is 0 Å². The number of anilines is 1. The fourth-order valence-corrected chi connectivity index (χ4v) is 2.98. The summed E-state index contributed by atoms with van der Waals surface area (Å²) < 4.78 is 4.11. The van der Waals surface area contributed by atoms with Crippen LogP contribution >= 0.6 is 15.9 Å². The van der Waals surface area contributed by atoms with E-state index in [1.54, 1.807) is 23.0 Å². The summed E-state index contributed by atoms with van der Waals surface area (Å²) in [6.45, 7) is 1.87. The van der Waals surface area contributed by atoms with E-state index >= 15 is 0 Å². The van der Waals surface area contributed by atoms with E-state index in [0.29, 0.717) is 17.2 Å². The molecule has 4 aromatic rings. The summed E-state index contributed by atoms with van der Waals surface area (Å²) in [5.74, 6) is 0.821. The first-order chi connectivity index (χ1) is 13.1. The predicted octanol–water partition coefficient (Wildman–Crippen LogP) is 3.17. The van der Waals surface area contributed by atoms with Gasteiger partial charge in [-0.05, 0) is 37.3 Å². The molecule has 9 heteroatoms. The molecule has 0 spiro atoms. The molecule has 134 valence electrons. The fourth-order valence-electron chi connectivity index (χ4n) is 2.59. The molecule has 1 N–H and O–H groups in total. The molecule has 0 unspecified atom stereocenters. The Morgan fingerprint density at radius 1 is 1.19 bits per heavy atom. The zero-order valence-electron chi connectivity index (χ0n) is 14.2. The maximum Gasteiger partial charge on any atom is 0.257 e. The number of pyridine rings is 1. The van der Waals surface area contributed by atoms with Gasteiger partial charge in [-0.15, -0.1) is 0 Å². The van der Waals surface area contributed by atoms with Crippen LogP contribution in [-0.2, 0) is 0 Å². The van der Waals surface area contributed by atoms with Crippen molar-refractivity contribution in [2.75, 3.05) is 5.32 Å². The quantitative estimate of drug-likeness (QED) is 0.544. The van der Waals surface area contributed by atoms with E-state index < -0.39 is 0 Å². The molecule has 0 aliphatic heterocycles. The lowest BCUT2D eigenvalue weighted by Crippen LogP contribution is -2.16. The van der Waals surface area contributed by atoms with Gasteiger partial charge in [-0.1, -0.05) is 22.0 Å². The Balaban J connectivity index is 1.64. The van der Waals surface area contributed by atoms with Gasteiger partial charge in [-0.25, -0.2) is 19.3 Å². The van der Waals surface area contributed by atoms with Gasteiger partial charge >= 0.3 is 0 Å². The first-order valence-electron chi connectivity index (χ1n) is 8.05. The molecule has 0 fully saturated rings. The van der Waals surface area contributed by atoms with E-state index in [0.717, 1.165) is 15.9 Å². The normalized spacial score (nSPS) is 10.7. The number of rotatable bonds is 4. The molecule has 1 amide bonds. The van der Waals surface area contributed by atoms with Gasteiger partial charge < -0.3 is 5.32 Å². The van der Waals surface area contributed by atoms with E-state index in [1.165, 1.54) is 17.3 Å². The van der Waals surface area contributed by atoms with Crippen molar-refractivity contribution in [2.45, 2.75) is 6.92 Å². The SMILES string of the molecule is Cc1cc(NC(=O)c2ccnc(-n3cncn3)c2)n(-c2cccc(Br)c2)n1. The lowest BCUT2D eigenvalue weighted by Gasteiger charge is -2.10. The first-order valence-corrected chi connectivity index (χ1v) is 8.84. The van der Waals surface area contributed by atoms with Gasteiger partial charge in [0.25, 0.3) is 5.91 Å². The van der Waals surface area contributed by atoms with E-state index in [1.807, 2.05) is 37.3 Å². The molecule has 3 aromatic heterocycles. The lowest BCUT2D eigenvalue weighted by atomic mass is 10.2. The molecule has 0 radical (unpaired) electrons. The second kappa shape index (κ2) is 7.12. The Kier molecular flexibility index (Phi) is 4.51. The number of hydrogen-bond donors (Lipinski definition) is 1.